The number of ether oxygens (including phenoxy) is 1. The minimum Gasteiger partial charge on any atom is -0.507 e. The third-order valence-electron chi connectivity index (χ3n) is 5.58. The lowest BCUT2D eigenvalue weighted by Crippen LogP contribution is -2.36. The molecule has 7 heteroatoms. The highest BCUT2D eigenvalue weighted by Gasteiger charge is 2.47. The summed E-state index contributed by atoms with van der Waals surface area (Å²) < 4.78 is 32.8. The van der Waals surface area contributed by atoms with Gasteiger partial charge in [0.25, 0.3) is 11.7 Å². The van der Waals surface area contributed by atoms with Crippen molar-refractivity contribution >= 4 is 17.4 Å². The molecule has 2 saturated heterocycles. The number of carbonyl (C=O) groups is 2. The molecule has 30 heavy (non-hydrogen) atoms. The summed E-state index contributed by atoms with van der Waals surface area (Å²) in [6, 6.07) is 8.52. The molecule has 1 N–H and O–H groups in total. The van der Waals surface area contributed by atoms with Crippen LogP contribution in [0.4, 0.5) is 8.78 Å². The first kappa shape index (κ1) is 20.2. The molecule has 0 saturated carbocycles. The second-order valence-corrected chi connectivity index (χ2v) is 7.60. The van der Waals surface area contributed by atoms with E-state index in [1.54, 1.807) is 6.92 Å². The first-order chi connectivity index (χ1) is 14.4. The van der Waals surface area contributed by atoms with E-state index < -0.39 is 29.4 Å². The molecule has 1 amide bonds. The van der Waals surface area contributed by atoms with Crippen LogP contribution in [0.2, 0.25) is 0 Å². The van der Waals surface area contributed by atoms with Crippen molar-refractivity contribution in [2.45, 2.75) is 31.9 Å². The molecule has 2 aliphatic rings. The maximum absolute atomic E-state index is 13.7. The summed E-state index contributed by atoms with van der Waals surface area (Å²) in [6.07, 6.45) is 1.42. The van der Waals surface area contributed by atoms with Crippen LogP contribution in [0, 0.1) is 18.6 Å². The van der Waals surface area contributed by atoms with Crippen LogP contribution in [0.3, 0.4) is 0 Å². The number of aryl methyl sites for hydroxylation is 1. The van der Waals surface area contributed by atoms with E-state index in [-0.39, 0.29) is 29.5 Å². The van der Waals surface area contributed by atoms with E-state index in [0.29, 0.717) is 17.7 Å². The molecule has 0 radical (unpaired) electrons. The highest BCUT2D eigenvalue weighted by Crippen LogP contribution is 2.40. The predicted octanol–water partition coefficient (Wildman–Crippen LogP) is 3.87. The topological polar surface area (TPSA) is 66.8 Å². The third-order valence-corrected chi connectivity index (χ3v) is 5.58. The predicted molar refractivity (Wildman–Crippen MR) is 106 cm³/mol. The van der Waals surface area contributed by atoms with Gasteiger partial charge in [-0.1, -0.05) is 12.1 Å². The summed E-state index contributed by atoms with van der Waals surface area (Å²) in [6.45, 7) is 2.32. The molecule has 0 aromatic heterocycles. The largest absolute Gasteiger partial charge is 0.507 e. The second kappa shape index (κ2) is 7.99. The van der Waals surface area contributed by atoms with E-state index >= 15 is 0 Å². The molecule has 5 nitrogen and oxygen atoms in total. The molecule has 2 aliphatic heterocycles. The lowest BCUT2D eigenvalue weighted by molar-refractivity contribution is -0.140. The standard InChI is InChI=1S/C23H21F2NO4/c1-13-11-15(6-9-18(13)25)21(27)19-20(14-4-7-16(24)8-5-14)26(23(29)22(19)28)12-17-3-2-10-30-17/h4-9,11,17,20,27H,2-3,10,12H2,1H3/b21-19-. The molecular formula is C23H21F2NO4. The number of aliphatic hydroxyl groups is 1. The van der Waals surface area contributed by atoms with E-state index in [2.05, 4.69) is 0 Å². The zero-order chi connectivity index (χ0) is 21.4. The molecule has 2 unspecified atom stereocenters. The fourth-order valence-corrected chi connectivity index (χ4v) is 4.02. The van der Waals surface area contributed by atoms with Crippen LogP contribution in [0.5, 0.6) is 0 Å². The average Bonchev–Trinajstić information content (AvgIpc) is 3.33. The fourth-order valence-electron chi connectivity index (χ4n) is 4.02. The maximum atomic E-state index is 13.7. The number of carbonyl (C=O) groups excluding carboxylic acids is 2. The smallest absolute Gasteiger partial charge is 0.295 e. The van der Waals surface area contributed by atoms with Crippen LogP contribution in [-0.4, -0.2) is 41.0 Å². The van der Waals surface area contributed by atoms with Gasteiger partial charge in [0.05, 0.1) is 17.7 Å². The Morgan fingerprint density at radius 3 is 2.53 bits per heavy atom. The molecule has 156 valence electrons. The Hall–Kier alpha value is -3.06. The first-order valence-corrected chi connectivity index (χ1v) is 9.79. The zero-order valence-electron chi connectivity index (χ0n) is 16.4. The molecule has 0 aliphatic carbocycles. The molecule has 2 fully saturated rings. The quantitative estimate of drug-likeness (QED) is 0.469. The summed E-state index contributed by atoms with van der Waals surface area (Å²) in [4.78, 5) is 27.1. The van der Waals surface area contributed by atoms with Crippen LogP contribution < -0.4 is 0 Å². The first-order valence-electron chi connectivity index (χ1n) is 9.79. The van der Waals surface area contributed by atoms with E-state index in [9.17, 15) is 23.5 Å². The summed E-state index contributed by atoms with van der Waals surface area (Å²) in [5.41, 5.74) is 0.923. The Morgan fingerprint density at radius 1 is 1.17 bits per heavy atom. The van der Waals surface area contributed by atoms with Gasteiger partial charge in [-0.3, -0.25) is 9.59 Å². The minimum atomic E-state index is -0.889. The van der Waals surface area contributed by atoms with Crippen molar-refractivity contribution in [2.24, 2.45) is 0 Å². The van der Waals surface area contributed by atoms with Gasteiger partial charge in [0.15, 0.2) is 0 Å². The number of nitrogens with zero attached hydrogens (tertiary/aromatic N) is 1. The van der Waals surface area contributed by atoms with Gasteiger partial charge < -0.3 is 14.7 Å². The Morgan fingerprint density at radius 2 is 1.90 bits per heavy atom. The van der Waals surface area contributed by atoms with Crippen molar-refractivity contribution in [3.8, 4) is 0 Å². The summed E-state index contributed by atoms with van der Waals surface area (Å²) in [5, 5.41) is 10.9. The Bertz CT molecular complexity index is 1030. The maximum Gasteiger partial charge on any atom is 0.295 e. The van der Waals surface area contributed by atoms with Crippen LogP contribution in [0.15, 0.2) is 48.0 Å². The zero-order valence-corrected chi connectivity index (χ0v) is 16.4. The van der Waals surface area contributed by atoms with E-state index in [1.807, 2.05) is 0 Å². The number of rotatable bonds is 4. The summed E-state index contributed by atoms with van der Waals surface area (Å²) in [7, 11) is 0. The Balaban J connectivity index is 1.83. The second-order valence-electron chi connectivity index (χ2n) is 7.60. The van der Waals surface area contributed by atoms with Gasteiger partial charge in [-0.25, -0.2) is 8.78 Å². The number of Topliss-reactive ketones (excluding diaryl/α,β-unsaturated/α-hetero) is 1. The number of hydrogen-bond donors (Lipinski definition) is 1. The number of halogens is 2. The van der Waals surface area contributed by atoms with E-state index in [1.165, 1.54) is 47.4 Å². The van der Waals surface area contributed by atoms with Crippen molar-refractivity contribution in [3.05, 3.63) is 76.4 Å². The highest BCUT2D eigenvalue weighted by molar-refractivity contribution is 6.46. The molecule has 2 atom stereocenters. The number of aliphatic hydroxyl groups excluding tert-OH is 1. The molecule has 2 aromatic carbocycles. The molecular weight excluding hydrogens is 392 g/mol. The number of likely N-dealkylation sites (tertiary alicyclic amines) is 1. The van der Waals surface area contributed by atoms with Crippen LogP contribution in [-0.2, 0) is 14.3 Å². The van der Waals surface area contributed by atoms with Crippen LogP contribution in [0.25, 0.3) is 5.76 Å². The minimum absolute atomic E-state index is 0.101. The van der Waals surface area contributed by atoms with Gasteiger partial charge in [-0.2, -0.15) is 0 Å². The third kappa shape index (κ3) is 3.61. The number of hydrogen-bond acceptors (Lipinski definition) is 4. The van der Waals surface area contributed by atoms with Gasteiger partial charge >= 0.3 is 0 Å². The number of amides is 1. The summed E-state index contributed by atoms with van der Waals surface area (Å²) >= 11 is 0. The number of ketones is 1. The monoisotopic (exact) mass is 413 g/mol. The van der Waals surface area contributed by atoms with Crippen molar-refractivity contribution in [1.29, 1.82) is 0 Å². The molecule has 2 aromatic rings. The van der Waals surface area contributed by atoms with Crippen molar-refractivity contribution in [1.82, 2.24) is 4.90 Å². The Kier molecular flexibility index (Phi) is 5.39. The molecule has 4 rings (SSSR count). The van der Waals surface area contributed by atoms with Gasteiger partial charge in [0.1, 0.15) is 17.4 Å². The fraction of sp³-hybridized carbons (Fsp3) is 0.304. The van der Waals surface area contributed by atoms with Gasteiger partial charge in [0.2, 0.25) is 0 Å². The van der Waals surface area contributed by atoms with E-state index in [0.717, 1.165) is 12.8 Å². The number of benzene rings is 2. The van der Waals surface area contributed by atoms with Gasteiger partial charge in [-0.05, 0) is 61.2 Å². The van der Waals surface area contributed by atoms with E-state index in [4.69, 9.17) is 4.74 Å². The Labute approximate surface area is 172 Å². The van der Waals surface area contributed by atoms with Crippen molar-refractivity contribution < 1.29 is 28.2 Å². The van der Waals surface area contributed by atoms with Gasteiger partial charge in [-0.15, -0.1) is 0 Å². The van der Waals surface area contributed by atoms with Crippen molar-refractivity contribution in [3.63, 3.8) is 0 Å². The van der Waals surface area contributed by atoms with Crippen molar-refractivity contribution in [2.75, 3.05) is 13.2 Å². The molecule has 0 spiro atoms. The SMILES string of the molecule is Cc1cc(/C(O)=C2/C(=O)C(=O)N(CC3CCCO3)C2c2ccc(F)cc2)ccc1F. The normalized spacial score (nSPS) is 23.4. The highest BCUT2D eigenvalue weighted by atomic mass is 19.1. The molecule has 0 bridgehead atoms. The van der Waals surface area contributed by atoms with Crippen LogP contribution >= 0.6 is 0 Å². The molecule has 2 heterocycles. The van der Waals surface area contributed by atoms with Crippen LogP contribution in [0.1, 0.15) is 35.6 Å². The van der Waals surface area contributed by atoms with Gasteiger partial charge in [0, 0.05) is 18.7 Å². The average molecular weight is 413 g/mol. The summed E-state index contributed by atoms with van der Waals surface area (Å²) in [5.74, 6) is -2.87. The lowest BCUT2D eigenvalue weighted by Gasteiger charge is -2.27. The lowest BCUT2D eigenvalue weighted by atomic mass is 9.94.